The van der Waals surface area contributed by atoms with Crippen molar-refractivity contribution in [1.29, 1.82) is 0 Å². The summed E-state index contributed by atoms with van der Waals surface area (Å²) in [5, 5.41) is 33.9. The predicted octanol–water partition coefficient (Wildman–Crippen LogP) is 0.584. The maximum atomic E-state index is 13.3. The topological polar surface area (TPSA) is 104 Å². The molecule has 142 valence electrons. The molecule has 4 saturated carbocycles. The van der Waals surface area contributed by atoms with E-state index in [2.05, 4.69) is 6.58 Å². The molecule has 8 atom stereocenters. The Morgan fingerprint density at radius 1 is 1.15 bits per heavy atom. The van der Waals surface area contributed by atoms with E-state index in [0.29, 0.717) is 25.7 Å². The highest BCUT2D eigenvalue weighted by molar-refractivity contribution is 6.06. The third-order valence-electron chi connectivity index (χ3n) is 8.65. The molecule has 0 aromatic heterocycles. The number of aliphatic hydroxyl groups excluding tert-OH is 2. The van der Waals surface area contributed by atoms with Crippen LogP contribution in [0.3, 0.4) is 0 Å². The lowest BCUT2D eigenvalue weighted by atomic mass is 9.36. The van der Waals surface area contributed by atoms with Crippen LogP contribution in [0.5, 0.6) is 0 Å². The van der Waals surface area contributed by atoms with E-state index in [-0.39, 0.29) is 23.4 Å². The number of hydrogen-bond donors (Lipinski definition) is 3. The van der Waals surface area contributed by atoms with E-state index < -0.39 is 52.4 Å². The van der Waals surface area contributed by atoms with Gasteiger partial charge in [0.2, 0.25) is 5.79 Å². The molecule has 0 aromatic rings. The van der Waals surface area contributed by atoms with Gasteiger partial charge in [-0.2, -0.15) is 0 Å². The third-order valence-corrected chi connectivity index (χ3v) is 8.65. The van der Waals surface area contributed by atoms with E-state index in [0.717, 1.165) is 0 Å². The average molecular weight is 362 g/mol. The first-order chi connectivity index (χ1) is 12.1. The van der Waals surface area contributed by atoms with Crippen LogP contribution in [-0.4, -0.2) is 51.5 Å². The summed E-state index contributed by atoms with van der Waals surface area (Å²) in [4.78, 5) is 26.6. The van der Waals surface area contributed by atoms with Gasteiger partial charge in [-0.25, -0.2) is 0 Å². The summed E-state index contributed by atoms with van der Waals surface area (Å²) in [7, 11) is 0. The molecule has 6 fully saturated rings. The molecule has 3 N–H and O–H groups in total. The molecule has 2 aliphatic heterocycles. The van der Waals surface area contributed by atoms with Crippen LogP contribution in [0.15, 0.2) is 12.2 Å². The smallest absolute Gasteiger partial charge is 0.208 e. The van der Waals surface area contributed by atoms with Crippen LogP contribution in [0.1, 0.15) is 39.5 Å². The summed E-state index contributed by atoms with van der Waals surface area (Å²) in [6.07, 6.45) is -0.502. The maximum absolute atomic E-state index is 13.3. The minimum atomic E-state index is -2.19. The summed E-state index contributed by atoms with van der Waals surface area (Å²) in [5.41, 5.74) is -2.83. The lowest BCUT2D eigenvalue weighted by Gasteiger charge is -2.72. The third kappa shape index (κ3) is 1.36. The Labute approximate surface area is 152 Å². The number of carbonyl (C=O) groups excluding carboxylic acids is 2. The summed E-state index contributed by atoms with van der Waals surface area (Å²) in [6, 6.07) is 0. The molecule has 26 heavy (non-hydrogen) atoms. The minimum Gasteiger partial charge on any atom is -0.391 e. The molecule has 6 heteroatoms. The van der Waals surface area contributed by atoms with E-state index in [1.165, 1.54) is 0 Å². The van der Waals surface area contributed by atoms with Gasteiger partial charge in [0, 0.05) is 18.3 Å². The minimum absolute atomic E-state index is 0.00293. The van der Waals surface area contributed by atoms with Gasteiger partial charge >= 0.3 is 0 Å². The molecule has 4 bridgehead atoms. The Morgan fingerprint density at radius 3 is 2.54 bits per heavy atom. The van der Waals surface area contributed by atoms with E-state index in [4.69, 9.17) is 4.74 Å². The molecule has 2 heterocycles. The van der Waals surface area contributed by atoms with Crippen molar-refractivity contribution in [1.82, 2.24) is 0 Å². The molecular formula is C20H26O6. The van der Waals surface area contributed by atoms with Crippen LogP contribution in [-0.2, 0) is 14.3 Å². The average Bonchev–Trinajstić information content (AvgIpc) is 2.69. The van der Waals surface area contributed by atoms with Crippen molar-refractivity contribution in [3.05, 3.63) is 12.2 Å². The first kappa shape index (κ1) is 17.0. The zero-order valence-electron chi connectivity index (χ0n) is 15.2. The van der Waals surface area contributed by atoms with Gasteiger partial charge in [-0.05, 0) is 36.2 Å². The van der Waals surface area contributed by atoms with Gasteiger partial charge in [-0.1, -0.05) is 20.4 Å². The van der Waals surface area contributed by atoms with Gasteiger partial charge in [0.05, 0.1) is 18.1 Å². The number of ether oxygens (including phenoxy) is 1. The summed E-state index contributed by atoms with van der Waals surface area (Å²) < 4.78 is 5.74. The Morgan fingerprint density at radius 2 is 1.85 bits per heavy atom. The van der Waals surface area contributed by atoms with Crippen LogP contribution in [0.2, 0.25) is 0 Å². The fraction of sp³-hybridized carbons (Fsp3) is 0.800. The first-order valence-corrected chi connectivity index (χ1v) is 9.56. The SMILES string of the molecule is C=C1C(=O)C23C(CCC1[C@H]2O)C12CO[C@@]3(O)[C@@H](O)[C@@H]1C(C)(C)CCC2=O. The fourth-order valence-electron chi connectivity index (χ4n) is 7.63. The highest BCUT2D eigenvalue weighted by atomic mass is 16.6. The maximum Gasteiger partial charge on any atom is 0.208 e. The molecule has 4 unspecified atom stereocenters. The summed E-state index contributed by atoms with van der Waals surface area (Å²) in [6.45, 7) is 7.86. The second-order valence-electron chi connectivity index (χ2n) is 9.76. The first-order valence-electron chi connectivity index (χ1n) is 9.56. The van der Waals surface area contributed by atoms with Crippen molar-refractivity contribution >= 4 is 11.6 Å². The molecule has 6 aliphatic rings. The number of ketones is 2. The number of rotatable bonds is 0. The van der Waals surface area contributed by atoms with Crippen LogP contribution < -0.4 is 0 Å². The Kier molecular flexibility index (Phi) is 2.94. The molecular weight excluding hydrogens is 336 g/mol. The van der Waals surface area contributed by atoms with E-state index in [9.17, 15) is 24.9 Å². The zero-order valence-corrected chi connectivity index (χ0v) is 15.2. The highest BCUT2D eigenvalue weighted by Gasteiger charge is 2.87. The number of Topliss-reactive ketones (excluding diaryl/α,β-unsaturated/α-hetero) is 2. The second kappa shape index (κ2) is 4.49. The summed E-state index contributed by atoms with van der Waals surface area (Å²) >= 11 is 0. The van der Waals surface area contributed by atoms with Crippen molar-refractivity contribution in [2.75, 3.05) is 6.61 Å². The van der Waals surface area contributed by atoms with Crippen molar-refractivity contribution in [3.63, 3.8) is 0 Å². The number of carbonyl (C=O) groups is 2. The Balaban J connectivity index is 1.83. The molecule has 0 amide bonds. The number of hydrogen-bond acceptors (Lipinski definition) is 6. The Bertz CT molecular complexity index is 757. The molecule has 2 saturated heterocycles. The highest BCUT2D eigenvalue weighted by Crippen LogP contribution is 2.75. The number of fused-ring (bicyclic) bond motifs is 2. The van der Waals surface area contributed by atoms with E-state index >= 15 is 0 Å². The fourth-order valence-corrected chi connectivity index (χ4v) is 7.63. The quantitative estimate of drug-likeness (QED) is 0.545. The summed E-state index contributed by atoms with van der Waals surface area (Å²) in [5.74, 6) is -4.12. The molecule has 6 rings (SSSR count). The van der Waals surface area contributed by atoms with Gasteiger partial charge in [0.15, 0.2) is 5.78 Å². The van der Waals surface area contributed by atoms with Gasteiger partial charge in [0.1, 0.15) is 17.3 Å². The van der Waals surface area contributed by atoms with E-state index in [1.807, 2.05) is 13.8 Å². The predicted molar refractivity (Wildman–Crippen MR) is 89.7 cm³/mol. The lowest BCUT2D eigenvalue weighted by molar-refractivity contribution is -0.437. The molecule has 0 aromatic carbocycles. The Hall–Kier alpha value is -1.08. The van der Waals surface area contributed by atoms with Crippen LogP contribution in [0, 0.1) is 34.0 Å². The van der Waals surface area contributed by atoms with Crippen LogP contribution in [0.25, 0.3) is 0 Å². The van der Waals surface area contributed by atoms with Gasteiger partial charge in [-0.3, -0.25) is 9.59 Å². The van der Waals surface area contributed by atoms with E-state index in [1.54, 1.807) is 0 Å². The monoisotopic (exact) mass is 362 g/mol. The van der Waals surface area contributed by atoms with Crippen molar-refractivity contribution in [2.45, 2.75) is 57.5 Å². The lowest BCUT2D eigenvalue weighted by Crippen LogP contribution is -2.85. The van der Waals surface area contributed by atoms with Crippen molar-refractivity contribution < 1.29 is 29.6 Å². The van der Waals surface area contributed by atoms with Crippen molar-refractivity contribution in [2.24, 2.45) is 34.0 Å². The van der Waals surface area contributed by atoms with Crippen LogP contribution >= 0.6 is 0 Å². The van der Waals surface area contributed by atoms with Gasteiger partial charge < -0.3 is 20.1 Å². The van der Waals surface area contributed by atoms with Gasteiger partial charge in [-0.15, -0.1) is 0 Å². The normalized spacial score (nSPS) is 57.1. The molecule has 0 radical (unpaired) electrons. The molecule has 2 spiro atoms. The second-order valence-corrected chi connectivity index (χ2v) is 9.76. The number of aliphatic hydroxyl groups is 3. The van der Waals surface area contributed by atoms with Crippen LogP contribution in [0.4, 0.5) is 0 Å². The van der Waals surface area contributed by atoms with Gasteiger partial charge in [0.25, 0.3) is 0 Å². The standard InChI is InChI=1S/C20H26O6/c1-9-10-4-5-11-18-8-26-20(25,19(11,14(9)22)15(10)23)16(24)13(18)17(2,3)7-6-12(18)21/h10-11,13,15-16,23-25H,1,4-8H2,2-3H3/t10?,11?,13-,15-,16+,18?,19?,20+/m1/s1. The molecule has 6 nitrogen and oxygen atoms in total. The zero-order chi connectivity index (χ0) is 18.9. The largest absolute Gasteiger partial charge is 0.391 e. The molecule has 4 aliphatic carbocycles. The van der Waals surface area contributed by atoms with Crippen molar-refractivity contribution in [3.8, 4) is 0 Å².